The molecule has 2 N–H and O–H groups in total. The van der Waals surface area contributed by atoms with Crippen LogP contribution in [0.3, 0.4) is 0 Å². The predicted octanol–water partition coefficient (Wildman–Crippen LogP) is 3.52. The number of esters is 2. The summed E-state index contributed by atoms with van der Waals surface area (Å²) < 4.78 is 38.6. The van der Waals surface area contributed by atoms with E-state index in [0.717, 1.165) is 26.4 Å². The lowest BCUT2D eigenvalue weighted by atomic mass is 9.81. The van der Waals surface area contributed by atoms with Crippen molar-refractivity contribution in [2.24, 2.45) is 5.73 Å². The Kier molecular flexibility index (Phi) is 6.46. The summed E-state index contributed by atoms with van der Waals surface area (Å²) in [4.78, 5) is 26.4. The molecule has 1 unspecified atom stereocenters. The molecular weight excluding hydrogens is 444 g/mol. The number of nitrogens with zero attached hydrogens (tertiary/aromatic N) is 2. The fraction of sp³-hybridized carbons (Fsp3) is 0.136. The monoisotopic (exact) mass is 459 g/mol. The maximum Gasteiger partial charge on any atom is 0.355 e. The number of ether oxygens (including phenoxy) is 2. The van der Waals surface area contributed by atoms with Crippen molar-refractivity contribution in [3.05, 3.63) is 87.3 Å². The Morgan fingerprint density at radius 2 is 1.72 bits per heavy atom. The molecule has 164 valence electrons. The van der Waals surface area contributed by atoms with E-state index in [4.69, 9.17) is 26.8 Å². The molecular formula is C22H16ClF2N3O4. The second-order valence-electron chi connectivity index (χ2n) is 6.53. The molecule has 1 heterocycles. The topological polar surface area (TPSA) is 106 Å². The Bertz CT molecular complexity index is 1210. The average molecular weight is 460 g/mol. The highest BCUT2D eigenvalue weighted by atomic mass is 35.5. The number of methoxy groups -OCH3 is 2. The van der Waals surface area contributed by atoms with Gasteiger partial charge in [-0.3, -0.25) is 4.90 Å². The first-order chi connectivity index (χ1) is 15.3. The molecule has 1 atom stereocenters. The standard InChI is InChI=1S/C22H16ClF2N3O4/c1-31-21(29)16-15(11-6-4-3-5-7-11)12(10-26)20(27)28(19(16)22(30)32-2)18-13(23)8-9-14(24)17(18)25/h3-9,15H,27H2,1-2H3. The normalized spacial score (nSPS) is 16.0. The zero-order chi connectivity index (χ0) is 23.6. The molecule has 0 saturated heterocycles. The smallest absolute Gasteiger partial charge is 0.355 e. The zero-order valence-corrected chi connectivity index (χ0v) is 17.6. The predicted molar refractivity (Wildman–Crippen MR) is 111 cm³/mol. The molecule has 0 radical (unpaired) electrons. The summed E-state index contributed by atoms with van der Waals surface area (Å²) in [5.41, 5.74) is 4.86. The van der Waals surface area contributed by atoms with Crippen LogP contribution in [-0.4, -0.2) is 26.2 Å². The van der Waals surface area contributed by atoms with Gasteiger partial charge in [-0.25, -0.2) is 18.4 Å². The number of hydrogen-bond donors (Lipinski definition) is 1. The van der Waals surface area contributed by atoms with Crippen LogP contribution in [0.2, 0.25) is 5.02 Å². The molecule has 0 amide bonds. The van der Waals surface area contributed by atoms with Crippen molar-refractivity contribution in [2.45, 2.75) is 5.92 Å². The Labute approximate surface area is 186 Å². The number of carbonyl (C=O) groups is 2. The molecule has 0 bridgehead atoms. The number of allylic oxidation sites excluding steroid dienone is 1. The van der Waals surface area contributed by atoms with Crippen molar-refractivity contribution in [2.75, 3.05) is 19.1 Å². The van der Waals surface area contributed by atoms with Gasteiger partial charge in [0.1, 0.15) is 17.2 Å². The van der Waals surface area contributed by atoms with Gasteiger partial charge in [0.2, 0.25) is 0 Å². The average Bonchev–Trinajstić information content (AvgIpc) is 2.81. The molecule has 32 heavy (non-hydrogen) atoms. The molecule has 0 saturated carbocycles. The summed E-state index contributed by atoms with van der Waals surface area (Å²) in [7, 11) is 2.10. The van der Waals surface area contributed by atoms with E-state index in [1.165, 1.54) is 0 Å². The highest BCUT2D eigenvalue weighted by Gasteiger charge is 2.44. The minimum absolute atomic E-state index is 0.205. The van der Waals surface area contributed by atoms with Crippen LogP contribution in [0, 0.1) is 23.0 Å². The SMILES string of the molecule is COC(=O)C1=C(C(=O)OC)N(c2c(Cl)ccc(F)c2F)C(N)=C(C#N)C1c1ccccc1. The first-order valence-electron chi connectivity index (χ1n) is 9.07. The third-order valence-electron chi connectivity index (χ3n) is 4.85. The molecule has 3 rings (SSSR count). The van der Waals surface area contributed by atoms with E-state index in [0.29, 0.717) is 10.5 Å². The molecule has 0 aromatic heterocycles. The van der Waals surface area contributed by atoms with Gasteiger partial charge in [-0.1, -0.05) is 41.9 Å². The number of benzene rings is 2. The van der Waals surface area contributed by atoms with E-state index in [-0.39, 0.29) is 16.2 Å². The number of rotatable bonds is 4. The van der Waals surface area contributed by atoms with Crippen molar-refractivity contribution < 1.29 is 27.8 Å². The molecule has 0 fully saturated rings. The van der Waals surface area contributed by atoms with Crippen LogP contribution in [0.1, 0.15) is 11.5 Å². The number of carbonyl (C=O) groups excluding carboxylic acids is 2. The van der Waals surface area contributed by atoms with Crippen LogP contribution in [0.5, 0.6) is 0 Å². The molecule has 1 aliphatic heterocycles. The van der Waals surface area contributed by atoms with Crippen molar-refractivity contribution in [1.82, 2.24) is 0 Å². The number of anilines is 1. The maximum absolute atomic E-state index is 14.9. The fourth-order valence-corrected chi connectivity index (χ4v) is 3.70. The van der Waals surface area contributed by atoms with Crippen LogP contribution >= 0.6 is 11.6 Å². The lowest BCUT2D eigenvalue weighted by Gasteiger charge is -2.36. The lowest BCUT2D eigenvalue weighted by Crippen LogP contribution is -2.41. The first kappa shape index (κ1) is 22.8. The van der Waals surface area contributed by atoms with Crippen LogP contribution in [0.25, 0.3) is 0 Å². The van der Waals surface area contributed by atoms with Crippen LogP contribution in [0.4, 0.5) is 14.5 Å². The summed E-state index contributed by atoms with van der Waals surface area (Å²) in [5.74, 6) is -6.41. The van der Waals surface area contributed by atoms with Gasteiger partial charge in [0.05, 0.1) is 42.4 Å². The van der Waals surface area contributed by atoms with E-state index in [1.807, 2.05) is 6.07 Å². The highest BCUT2D eigenvalue weighted by Crippen LogP contribution is 2.45. The van der Waals surface area contributed by atoms with Crippen LogP contribution in [0.15, 0.2) is 65.1 Å². The van der Waals surface area contributed by atoms with Gasteiger partial charge in [0.15, 0.2) is 11.6 Å². The quantitative estimate of drug-likeness (QED) is 0.550. The van der Waals surface area contributed by atoms with Gasteiger partial charge in [0, 0.05) is 0 Å². The largest absolute Gasteiger partial charge is 0.466 e. The van der Waals surface area contributed by atoms with E-state index < -0.39 is 46.7 Å². The summed E-state index contributed by atoms with van der Waals surface area (Å²) in [6.07, 6.45) is 0. The summed E-state index contributed by atoms with van der Waals surface area (Å²) in [5, 5.41) is 9.57. The van der Waals surface area contributed by atoms with Gasteiger partial charge in [-0.05, 0) is 17.7 Å². The highest BCUT2D eigenvalue weighted by molar-refractivity contribution is 6.33. The molecule has 7 nitrogen and oxygen atoms in total. The fourth-order valence-electron chi connectivity index (χ4n) is 3.47. The third-order valence-corrected chi connectivity index (χ3v) is 5.16. The van der Waals surface area contributed by atoms with Gasteiger partial charge in [-0.2, -0.15) is 5.26 Å². The number of hydrogen-bond acceptors (Lipinski definition) is 7. The summed E-state index contributed by atoms with van der Waals surface area (Å²) in [6.45, 7) is 0. The van der Waals surface area contributed by atoms with E-state index in [9.17, 15) is 23.6 Å². The summed E-state index contributed by atoms with van der Waals surface area (Å²) in [6, 6.07) is 12.0. The van der Waals surface area contributed by atoms with Gasteiger partial charge in [0.25, 0.3) is 0 Å². The van der Waals surface area contributed by atoms with Gasteiger partial charge < -0.3 is 15.2 Å². The molecule has 1 aliphatic rings. The van der Waals surface area contributed by atoms with Gasteiger partial charge >= 0.3 is 11.9 Å². The van der Waals surface area contributed by atoms with Crippen LogP contribution < -0.4 is 10.6 Å². The number of nitriles is 1. The van der Waals surface area contributed by atoms with E-state index in [2.05, 4.69) is 0 Å². The molecule has 2 aromatic carbocycles. The second kappa shape index (κ2) is 9.08. The zero-order valence-electron chi connectivity index (χ0n) is 16.9. The van der Waals surface area contributed by atoms with E-state index >= 15 is 0 Å². The minimum Gasteiger partial charge on any atom is -0.466 e. The molecule has 0 aliphatic carbocycles. The van der Waals surface area contributed by atoms with E-state index in [1.54, 1.807) is 30.3 Å². The van der Waals surface area contributed by atoms with Crippen LogP contribution in [-0.2, 0) is 19.1 Å². The van der Waals surface area contributed by atoms with Crippen molar-refractivity contribution in [3.63, 3.8) is 0 Å². The summed E-state index contributed by atoms with van der Waals surface area (Å²) >= 11 is 6.12. The Morgan fingerprint density at radius 1 is 1.09 bits per heavy atom. The third kappa shape index (κ3) is 3.65. The lowest BCUT2D eigenvalue weighted by molar-refractivity contribution is -0.139. The second-order valence-corrected chi connectivity index (χ2v) is 6.93. The number of nitrogens with two attached hydrogens (primary N) is 1. The maximum atomic E-state index is 14.9. The van der Waals surface area contributed by atoms with Crippen molar-refractivity contribution in [1.29, 1.82) is 5.26 Å². The molecule has 10 heteroatoms. The number of halogens is 3. The first-order valence-corrected chi connectivity index (χ1v) is 9.45. The van der Waals surface area contributed by atoms with Gasteiger partial charge in [-0.15, -0.1) is 0 Å². The van der Waals surface area contributed by atoms with Crippen molar-refractivity contribution >= 4 is 29.2 Å². The Hall–Kier alpha value is -3.90. The van der Waals surface area contributed by atoms with Crippen molar-refractivity contribution in [3.8, 4) is 6.07 Å². The molecule has 2 aromatic rings. The Morgan fingerprint density at radius 3 is 2.28 bits per heavy atom. The Balaban J connectivity index is 2.49. The minimum atomic E-state index is -1.44. The molecule has 0 spiro atoms.